The van der Waals surface area contributed by atoms with Gasteiger partial charge in [0.1, 0.15) is 21.3 Å². The quantitative estimate of drug-likeness (QED) is 0.531. The minimum atomic E-state index is -0.341. The van der Waals surface area contributed by atoms with E-state index in [1.165, 1.54) is 11.3 Å². The Hall–Kier alpha value is -1.71. The summed E-state index contributed by atoms with van der Waals surface area (Å²) in [6.07, 6.45) is 0. The Bertz CT molecular complexity index is 904. The smallest absolute Gasteiger partial charge is 0.348 e. The Labute approximate surface area is 151 Å². The monoisotopic (exact) mass is 380 g/mol. The summed E-state index contributed by atoms with van der Waals surface area (Å²) < 4.78 is 6.06. The Morgan fingerprint density at radius 3 is 2.79 bits per heavy atom. The molecule has 0 aromatic carbocycles. The summed E-state index contributed by atoms with van der Waals surface area (Å²) in [4.78, 5) is 26.6. The normalized spacial score (nSPS) is 11.1. The lowest BCUT2D eigenvalue weighted by Crippen LogP contribution is -2.03. The van der Waals surface area contributed by atoms with Crippen LogP contribution in [0.15, 0.2) is 9.72 Å². The number of rotatable bonds is 5. The summed E-state index contributed by atoms with van der Waals surface area (Å²) in [5.74, 6) is 1.27. The summed E-state index contributed by atoms with van der Waals surface area (Å²) in [6.45, 7) is 5.93. The molecular formula is C15H16N4O2S3. The average molecular weight is 381 g/mol. The third-order valence-electron chi connectivity index (χ3n) is 3.25. The number of ether oxygens (including phenoxy) is 1. The highest BCUT2D eigenvalue weighted by Gasteiger charge is 2.20. The molecule has 0 aliphatic heterocycles. The molecule has 0 spiro atoms. The van der Waals surface area contributed by atoms with Crippen LogP contribution in [-0.4, -0.2) is 27.5 Å². The van der Waals surface area contributed by atoms with Gasteiger partial charge in [-0.05, 0) is 26.3 Å². The number of esters is 1. The van der Waals surface area contributed by atoms with E-state index in [4.69, 9.17) is 10.5 Å². The average Bonchev–Trinajstić information content (AvgIpc) is 3.09. The summed E-state index contributed by atoms with van der Waals surface area (Å²) in [6, 6.07) is 0. The summed E-state index contributed by atoms with van der Waals surface area (Å²) >= 11 is 4.47. The maximum atomic E-state index is 12.0. The molecule has 0 saturated carbocycles. The molecule has 3 aromatic rings. The first-order valence-corrected chi connectivity index (χ1v) is 9.95. The molecule has 24 heavy (non-hydrogen) atoms. The molecule has 6 nitrogen and oxygen atoms in total. The molecule has 3 aromatic heterocycles. The number of hydrogen-bond acceptors (Lipinski definition) is 9. The lowest BCUT2D eigenvalue weighted by molar-refractivity contribution is 0.0531. The topological polar surface area (TPSA) is 91.0 Å². The first-order chi connectivity index (χ1) is 11.5. The molecule has 3 heterocycles. The highest BCUT2D eigenvalue weighted by atomic mass is 32.2. The van der Waals surface area contributed by atoms with Crippen molar-refractivity contribution in [1.29, 1.82) is 0 Å². The number of aryl methyl sites for hydroxylation is 2. The second kappa shape index (κ2) is 7.04. The van der Waals surface area contributed by atoms with E-state index in [1.807, 2.05) is 19.2 Å². The standard InChI is InChI=1S/C15H16N4O2S3/c1-4-21-14(20)11-8(3)10-12(16)18-9(19-13(10)24-11)6-23-15-17-7(2)5-22-15/h5H,4,6H2,1-3H3,(H2,16,18,19). The lowest BCUT2D eigenvalue weighted by atomic mass is 10.2. The molecule has 0 amide bonds. The molecule has 0 fully saturated rings. The fourth-order valence-electron chi connectivity index (χ4n) is 2.20. The first kappa shape index (κ1) is 17.1. The van der Waals surface area contributed by atoms with Gasteiger partial charge < -0.3 is 10.5 Å². The zero-order valence-electron chi connectivity index (χ0n) is 13.5. The van der Waals surface area contributed by atoms with Gasteiger partial charge in [0.25, 0.3) is 0 Å². The maximum Gasteiger partial charge on any atom is 0.348 e. The molecule has 0 atom stereocenters. The number of nitrogens with two attached hydrogens (primary N) is 1. The van der Waals surface area contributed by atoms with Crippen LogP contribution in [0.4, 0.5) is 5.82 Å². The van der Waals surface area contributed by atoms with Crippen LogP contribution in [0.5, 0.6) is 0 Å². The van der Waals surface area contributed by atoms with Crippen molar-refractivity contribution in [2.24, 2.45) is 0 Å². The molecule has 0 radical (unpaired) electrons. The minimum absolute atomic E-state index is 0.336. The van der Waals surface area contributed by atoms with Crippen LogP contribution >= 0.6 is 34.4 Å². The van der Waals surface area contributed by atoms with Gasteiger partial charge in [-0.25, -0.2) is 19.7 Å². The molecule has 0 aliphatic carbocycles. The number of thiophene rings is 1. The summed E-state index contributed by atoms with van der Waals surface area (Å²) in [7, 11) is 0. The maximum absolute atomic E-state index is 12.0. The molecule has 0 bridgehead atoms. The number of fused-ring (bicyclic) bond motifs is 1. The SMILES string of the molecule is CCOC(=O)c1sc2nc(CSc3nc(C)cs3)nc(N)c2c1C. The van der Waals surface area contributed by atoms with Crippen molar-refractivity contribution in [3.05, 3.63) is 27.3 Å². The van der Waals surface area contributed by atoms with Crippen molar-refractivity contribution in [3.8, 4) is 0 Å². The van der Waals surface area contributed by atoms with Gasteiger partial charge in [0, 0.05) is 11.1 Å². The van der Waals surface area contributed by atoms with E-state index in [2.05, 4.69) is 15.0 Å². The number of hydrogen-bond donors (Lipinski definition) is 1. The van der Waals surface area contributed by atoms with Crippen LogP contribution in [0.25, 0.3) is 10.2 Å². The number of nitrogen functional groups attached to an aromatic ring is 1. The summed E-state index contributed by atoms with van der Waals surface area (Å²) in [5, 5.41) is 2.75. The largest absolute Gasteiger partial charge is 0.462 e. The fraction of sp³-hybridized carbons (Fsp3) is 0.333. The van der Waals surface area contributed by atoms with Crippen molar-refractivity contribution in [2.45, 2.75) is 30.9 Å². The van der Waals surface area contributed by atoms with Gasteiger partial charge >= 0.3 is 5.97 Å². The van der Waals surface area contributed by atoms with Gasteiger partial charge in [0.15, 0.2) is 4.34 Å². The highest BCUT2D eigenvalue weighted by Crippen LogP contribution is 2.34. The fourth-order valence-corrected chi connectivity index (χ4v) is 5.00. The van der Waals surface area contributed by atoms with Crippen LogP contribution in [0, 0.1) is 13.8 Å². The van der Waals surface area contributed by atoms with Gasteiger partial charge in [-0.15, -0.1) is 22.7 Å². The van der Waals surface area contributed by atoms with Crippen molar-refractivity contribution in [1.82, 2.24) is 15.0 Å². The van der Waals surface area contributed by atoms with Crippen molar-refractivity contribution < 1.29 is 9.53 Å². The van der Waals surface area contributed by atoms with Gasteiger partial charge in [-0.2, -0.15) is 0 Å². The molecular weight excluding hydrogens is 364 g/mol. The van der Waals surface area contributed by atoms with Crippen molar-refractivity contribution in [3.63, 3.8) is 0 Å². The molecule has 9 heteroatoms. The zero-order valence-corrected chi connectivity index (χ0v) is 15.9. The van der Waals surface area contributed by atoms with Crippen LogP contribution < -0.4 is 5.73 Å². The van der Waals surface area contributed by atoms with Crippen LogP contribution in [-0.2, 0) is 10.5 Å². The summed E-state index contributed by atoms with van der Waals surface area (Å²) in [5.41, 5.74) is 7.88. The molecule has 3 rings (SSSR count). The predicted octanol–water partition coefficient (Wildman–Crippen LogP) is 3.82. The number of thioether (sulfide) groups is 1. The Morgan fingerprint density at radius 1 is 1.33 bits per heavy atom. The first-order valence-electron chi connectivity index (χ1n) is 7.27. The van der Waals surface area contributed by atoms with Gasteiger partial charge in [0.05, 0.1) is 17.7 Å². The van der Waals surface area contributed by atoms with E-state index in [-0.39, 0.29) is 5.97 Å². The van der Waals surface area contributed by atoms with Gasteiger partial charge in [-0.3, -0.25) is 0 Å². The highest BCUT2D eigenvalue weighted by molar-refractivity contribution is 8.00. The van der Waals surface area contributed by atoms with Crippen LogP contribution in [0.1, 0.15) is 33.7 Å². The van der Waals surface area contributed by atoms with Gasteiger partial charge in [-0.1, -0.05) is 11.8 Å². The molecule has 126 valence electrons. The van der Waals surface area contributed by atoms with Gasteiger partial charge in [0.2, 0.25) is 0 Å². The predicted molar refractivity (Wildman–Crippen MR) is 98.9 cm³/mol. The van der Waals surface area contributed by atoms with E-state index in [0.717, 1.165) is 21.0 Å². The van der Waals surface area contributed by atoms with Crippen LogP contribution in [0.2, 0.25) is 0 Å². The van der Waals surface area contributed by atoms with Crippen LogP contribution in [0.3, 0.4) is 0 Å². The van der Waals surface area contributed by atoms with Crippen molar-refractivity contribution in [2.75, 3.05) is 12.3 Å². The van der Waals surface area contributed by atoms with Crippen molar-refractivity contribution >= 4 is 56.4 Å². The van der Waals surface area contributed by atoms with E-state index in [1.54, 1.807) is 30.0 Å². The third-order valence-corrected chi connectivity index (χ3v) is 6.55. The van der Waals surface area contributed by atoms with E-state index < -0.39 is 0 Å². The molecule has 0 saturated heterocycles. The molecule has 2 N–H and O–H groups in total. The third kappa shape index (κ3) is 3.38. The lowest BCUT2D eigenvalue weighted by Gasteiger charge is -2.02. The molecule has 0 aliphatic rings. The Balaban J connectivity index is 1.90. The number of aromatic nitrogens is 3. The molecule has 0 unspecified atom stereocenters. The number of thiazole rings is 1. The van der Waals surface area contributed by atoms with E-state index >= 15 is 0 Å². The number of carbonyl (C=O) groups is 1. The number of anilines is 1. The van der Waals surface area contributed by atoms with E-state index in [0.29, 0.717) is 33.7 Å². The number of nitrogens with zero attached hydrogens (tertiary/aromatic N) is 3. The number of carbonyl (C=O) groups excluding carboxylic acids is 1. The second-order valence-corrected chi connectivity index (χ2v) is 8.10. The zero-order chi connectivity index (χ0) is 17.3. The Morgan fingerprint density at radius 2 is 2.12 bits per heavy atom. The Kier molecular flexibility index (Phi) is 5.02. The van der Waals surface area contributed by atoms with E-state index in [9.17, 15) is 4.79 Å². The minimum Gasteiger partial charge on any atom is -0.462 e. The second-order valence-electron chi connectivity index (χ2n) is 5.03.